The maximum atomic E-state index is 12.4. The lowest BCUT2D eigenvalue weighted by atomic mass is 10.1. The van der Waals surface area contributed by atoms with Gasteiger partial charge in [0.2, 0.25) is 13.9 Å². The minimum Gasteiger partial charge on any atom is -0.356 e. The van der Waals surface area contributed by atoms with E-state index in [-0.39, 0.29) is 12.3 Å². The molecule has 4 rings (SSSR count). The Kier molecular flexibility index (Phi) is 7.46. The van der Waals surface area contributed by atoms with Gasteiger partial charge in [0.05, 0.1) is 25.6 Å². The highest BCUT2D eigenvalue weighted by Crippen LogP contribution is 2.61. The van der Waals surface area contributed by atoms with Gasteiger partial charge >= 0.3 is 0 Å². The van der Waals surface area contributed by atoms with Gasteiger partial charge in [0.25, 0.3) is 0 Å². The molecule has 1 aliphatic rings. The second-order valence-electron chi connectivity index (χ2n) is 7.40. The monoisotopic (exact) mass is 495 g/mol. The quantitative estimate of drug-likeness (QED) is 0.395. The van der Waals surface area contributed by atoms with Crippen LogP contribution in [-0.2, 0) is 26.4 Å². The molecule has 1 fully saturated rings. The fourth-order valence-corrected chi connectivity index (χ4v) is 5.64. The largest absolute Gasteiger partial charge is 0.356 e. The molecule has 169 valence electrons. The van der Waals surface area contributed by atoms with Gasteiger partial charge in [0.15, 0.2) is 5.76 Å². The summed E-state index contributed by atoms with van der Waals surface area (Å²) >= 11 is 12.1. The van der Waals surface area contributed by atoms with Gasteiger partial charge in [0, 0.05) is 33.3 Å². The van der Waals surface area contributed by atoms with Crippen LogP contribution in [0.2, 0.25) is 10.0 Å². The molecule has 3 aromatic rings. The number of hydrogen-bond donors (Lipinski definition) is 2. The molecule has 0 atom stereocenters. The first-order chi connectivity index (χ1) is 15.4. The number of halogens is 2. The summed E-state index contributed by atoms with van der Waals surface area (Å²) < 4.78 is 16.2. The van der Waals surface area contributed by atoms with Crippen LogP contribution in [0.15, 0.2) is 53.2 Å². The van der Waals surface area contributed by atoms with Gasteiger partial charge in [-0.25, -0.2) is 0 Å². The van der Waals surface area contributed by atoms with Gasteiger partial charge in [-0.1, -0.05) is 40.5 Å². The van der Waals surface area contributed by atoms with E-state index in [0.717, 1.165) is 17.5 Å². The molecule has 1 aliphatic heterocycles. The van der Waals surface area contributed by atoms with E-state index in [2.05, 4.69) is 10.5 Å². The molecule has 2 aromatic carbocycles. The van der Waals surface area contributed by atoms with Crippen molar-refractivity contribution in [1.29, 1.82) is 0 Å². The SMILES string of the molecule is O=C(CCc1cnoc1-c1cc(Cl)cc(Cl)c1)Nc1ccc(C[P]2(O)OCCCO2)cc1. The number of amides is 1. The van der Waals surface area contributed by atoms with Gasteiger partial charge < -0.3 is 23.8 Å². The molecule has 1 aromatic heterocycles. The number of nitrogens with one attached hydrogen (secondary N) is 1. The standard InChI is InChI=1S/C22H22Cl2N2O5P/c23-18-10-17(11-19(24)12-18)22-16(13-25-31-22)4-7-21(27)26-20-5-2-15(3-6-20)14-32(28)29-8-1-9-30-32/h2-3,5-6,10-13,28H,1,4,7-9,14H2,(H,26,27). The average Bonchev–Trinajstić information content (AvgIpc) is 3.22. The summed E-state index contributed by atoms with van der Waals surface area (Å²) in [5.74, 6) is 0.402. The Morgan fingerprint density at radius 1 is 1.09 bits per heavy atom. The molecular formula is C22H22Cl2N2O5P. The van der Waals surface area contributed by atoms with Crippen molar-refractivity contribution < 1.29 is 23.3 Å². The number of nitrogens with zero attached hydrogens (tertiary/aromatic N) is 1. The van der Waals surface area contributed by atoms with Crippen molar-refractivity contribution in [3.05, 3.63) is 69.8 Å². The average molecular weight is 496 g/mol. The molecule has 0 saturated carbocycles. The Balaban J connectivity index is 1.32. The zero-order chi connectivity index (χ0) is 22.6. The van der Waals surface area contributed by atoms with Crippen LogP contribution < -0.4 is 5.32 Å². The maximum absolute atomic E-state index is 12.4. The Morgan fingerprint density at radius 2 is 1.78 bits per heavy atom. The van der Waals surface area contributed by atoms with Crippen LogP contribution in [0.5, 0.6) is 0 Å². The molecular weight excluding hydrogens is 474 g/mol. The highest BCUT2D eigenvalue weighted by Gasteiger charge is 2.30. The maximum Gasteiger partial charge on any atom is 0.235 e. The third-order valence-corrected chi connectivity index (χ3v) is 7.26. The van der Waals surface area contributed by atoms with Crippen LogP contribution in [0.4, 0.5) is 5.69 Å². The van der Waals surface area contributed by atoms with Crippen molar-refractivity contribution in [3.63, 3.8) is 0 Å². The minimum atomic E-state index is -2.82. The number of benzene rings is 2. The van der Waals surface area contributed by atoms with Gasteiger partial charge in [-0.3, -0.25) is 4.79 Å². The van der Waals surface area contributed by atoms with Crippen molar-refractivity contribution in [2.75, 3.05) is 18.5 Å². The van der Waals surface area contributed by atoms with Crippen molar-refractivity contribution in [1.82, 2.24) is 5.16 Å². The Morgan fingerprint density at radius 3 is 2.47 bits per heavy atom. The molecule has 0 bridgehead atoms. The molecule has 0 unspecified atom stereocenters. The van der Waals surface area contributed by atoms with Crippen LogP contribution in [0.3, 0.4) is 0 Å². The second kappa shape index (κ2) is 10.3. The number of aryl methyl sites for hydroxylation is 1. The van der Waals surface area contributed by atoms with E-state index in [1.165, 1.54) is 0 Å². The number of hydrogen-bond acceptors (Lipinski definition) is 6. The van der Waals surface area contributed by atoms with E-state index >= 15 is 0 Å². The lowest BCUT2D eigenvalue weighted by Gasteiger charge is -2.32. The van der Waals surface area contributed by atoms with Gasteiger partial charge in [-0.05, 0) is 48.7 Å². The van der Waals surface area contributed by atoms with Crippen molar-refractivity contribution in [3.8, 4) is 11.3 Å². The molecule has 1 radical (unpaired) electrons. The van der Waals surface area contributed by atoms with E-state index in [1.54, 1.807) is 36.5 Å². The predicted molar refractivity (Wildman–Crippen MR) is 125 cm³/mol. The summed E-state index contributed by atoms with van der Waals surface area (Å²) in [5.41, 5.74) is 3.05. The summed E-state index contributed by atoms with van der Waals surface area (Å²) in [6.07, 6.45) is 3.40. The van der Waals surface area contributed by atoms with E-state index in [9.17, 15) is 9.69 Å². The number of rotatable bonds is 7. The van der Waals surface area contributed by atoms with Gasteiger partial charge in [0.1, 0.15) is 0 Å². The van der Waals surface area contributed by atoms with E-state index < -0.39 is 7.94 Å². The Labute approximate surface area is 196 Å². The first-order valence-corrected chi connectivity index (χ1v) is 12.6. The molecule has 10 heteroatoms. The van der Waals surface area contributed by atoms with Crippen molar-refractivity contribution in [2.45, 2.75) is 25.4 Å². The van der Waals surface area contributed by atoms with E-state index in [4.69, 9.17) is 36.8 Å². The zero-order valence-corrected chi connectivity index (χ0v) is 19.5. The molecule has 2 heterocycles. The third kappa shape index (κ3) is 6.07. The van der Waals surface area contributed by atoms with Gasteiger partial charge in [-0.15, -0.1) is 0 Å². The number of aromatic nitrogens is 1. The first-order valence-electron chi connectivity index (χ1n) is 10.1. The summed E-state index contributed by atoms with van der Waals surface area (Å²) in [5, 5.41) is 7.71. The zero-order valence-electron chi connectivity index (χ0n) is 17.1. The predicted octanol–water partition coefficient (Wildman–Crippen LogP) is 5.91. The van der Waals surface area contributed by atoms with Crippen molar-refractivity contribution >= 4 is 42.7 Å². The highest BCUT2D eigenvalue weighted by atomic mass is 35.5. The Hall–Kier alpha value is -1.99. The van der Waals surface area contributed by atoms with Crippen LogP contribution in [0.25, 0.3) is 11.3 Å². The first kappa shape index (κ1) is 23.2. The number of anilines is 1. The minimum absolute atomic E-state index is 0.140. The second-order valence-corrected chi connectivity index (χ2v) is 10.4. The fraction of sp³-hybridized carbons (Fsp3) is 0.273. The van der Waals surface area contributed by atoms with Crippen LogP contribution in [0, 0.1) is 0 Å². The summed E-state index contributed by atoms with van der Waals surface area (Å²) in [4.78, 5) is 22.8. The number of carbonyl (C=O) groups excluding carboxylic acids is 1. The third-order valence-electron chi connectivity index (χ3n) is 4.89. The van der Waals surface area contributed by atoms with Crippen LogP contribution >= 0.6 is 31.1 Å². The summed E-state index contributed by atoms with van der Waals surface area (Å²) in [6, 6.07) is 12.4. The van der Waals surface area contributed by atoms with Crippen LogP contribution in [0.1, 0.15) is 24.0 Å². The normalized spacial score (nSPS) is 15.5. The lowest BCUT2D eigenvalue weighted by Crippen LogP contribution is -2.14. The number of carbonyl (C=O) groups is 1. The lowest BCUT2D eigenvalue weighted by molar-refractivity contribution is -0.116. The molecule has 0 aliphatic carbocycles. The smallest absolute Gasteiger partial charge is 0.235 e. The molecule has 32 heavy (non-hydrogen) atoms. The Bertz CT molecular complexity index is 1060. The molecule has 1 saturated heterocycles. The molecule has 2 N–H and O–H groups in total. The van der Waals surface area contributed by atoms with Crippen molar-refractivity contribution in [2.24, 2.45) is 0 Å². The van der Waals surface area contributed by atoms with Gasteiger partial charge in [-0.2, -0.15) is 0 Å². The molecule has 1 amide bonds. The van der Waals surface area contributed by atoms with Crippen LogP contribution in [-0.4, -0.2) is 29.2 Å². The fourth-order valence-electron chi connectivity index (χ4n) is 3.36. The summed E-state index contributed by atoms with van der Waals surface area (Å²) in [7, 11) is -2.82. The van der Waals surface area contributed by atoms with E-state index in [1.807, 2.05) is 12.1 Å². The summed E-state index contributed by atoms with van der Waals surface area (Å²) in [6.45, 7) is 1.02. The van der Waals surface area contributed by atoms with E-state index in [0.29, 0.717) is 52.9 Å². The molecule has 0 spiro atoms. The highest BCUT2D eigenvalue weighted by molar-refractivity contribution is 7.59. The molecule has 7 nitrogen and oxygen atoms in total. The topological polar surface area (TPSA) is 93.8 Å².